The molecule has 3 rings (SSSR count). The van der Waals surface area contributed by atoms with Crippen molar-refractivity contribution in [1.82, 2.24) is 15.1 Å². The van der Waals surface area contributed by atoms with Crippen LogP contribution < -0.4 is 15.5 Å². The van der Waals surface area contributed by atoms with Crippen LogP contribution in [0.1, 0.15) is 17.3 Å². The first-order valence-electron chi connectivity index (χ1n) is 8.23. The maximum atomic E-state index is 12.6. The zero-order chi connectivity index (χ0) is 18.5. The largest absolute Gasteiger partial charge is 0.465 e. The van der Waals surface area contributed by atoms with Gasteiger partial charge in [0.05, 0.1) is 13.2 Å². The number of fused-ring (bicyclic) bond motifs is 1. The van der Waals surface area contributed by atoms with Gasteiger partial charge in [-0.25, -0.2) is 9.48 Å². The van der Waals surface area contributed by atoms with Crippen molar-refractivity contribution in [1.29, 1.82) is 0 Å². The number of hydrogen-bond acceptors (Lipinski definition) is 5. The number of carbonyl (C=O) groups excluding carboxylic acids is 3. The Bertz CT molecular complexity index is 818. The second kappa shape index (κ2) is 7.68. The number of aromatic nitrogens is 2. The van der Waals surface area contributed by atoms with Crippen molar-refractivity contribution in [2.75, 3.05) is 29.9 Å². The lowest BCUT2D eigenvalue weighted by Gasteiger charge is -2.14. The normalized spacial score (nSPS) is 12.4. The lowest BCUT2D eigenvalue weighted by Crippen LogP contribution is -2.34. The van der Waals surface area contributed by atoms with Crippen LogP contribution in [-0.4, -0.2) is 47.4 Å². The van der Waals surface area contributed by atoms with E-state index in [-0.39, 0.29) is 19.1 Å². The summed E-state index contributed by atoms with van der Waals surface area (Å²) in [7, 11) is 0. The molecule has 1 aromatic carbocycles. The molecule has 9 nitrogen and oxygen atoms in total. The predicted molar refractivity (Wildman–Crippen MR) is 94.0 cm³/mol. The van der Waals surface area contributed by atoms with Gasteiger partial charge in [-0.1, -0.05) is 18.2 Å². The Labute approximate surface area is 149 Å². The smallest absolute Gasteiger partial charge is 0.325 e. The summed E-state index contributed by atoms with van der Waals surface area (Å²) in [6, 6.07) is 10.0. The Kier molecular flexibility index (Phi) is 5.16. The van der Waals surface area contributed by atoms with Crippen LogP contribution >= 0.6 is 0 Å². The molecule has 0 saturated carbocycles. The molecule has 2 aromatic rings. The third-order valence-electron chi connectivity index (χ3n) is 3.78. The summed E-state index contributed by atoms with van der Waals surface area (Å²) < 4.78 is 6.38. The first kappa shape index (κ1) is 17.5. The van der Waals surface area contributed by atoms with Crippen LogP contribution in [0.5, 0.6) is 0 Å². The van der Waals surface area contributed by atoms with Gasteiger partial charge < -0.3 is 10.1 Å². The third kappa shape index (κ3) is 3.82. The number of hydrogen-bond donors (Lipinski definition) is 2. The SMILES string of the molecule is CCOC(=O)CNC(=O)Nc1cc2n(n1)CCN2C(=O)c1ccccc1. The topological polar surface area (TPSA) is 106 Å². The van der Waals surface area contributed by atoms with Crippen molar-refractivity contribution in [3.05, 3.63) is 42.0 Å². The molecule has 136 valence electrons. The summed E-state index contributed by atoms with van der Waals surface area (Å²) in [5, 5.41) is 9.18. The zero-order valence-electron chi connectivity index (χ0n) is 14.3. The van der Waals surface area contributed by atoms with Crippen molar-refractivity contribution in [3.63, 3.8) is 0 Å². The Hall–Kier alpha value is -3.36. The average Bonchev–Trinajstić information content (AvgIpc) is 3.20. The quantitative estimate of drug-likeness (QED) is 0.783. The summed E-state index contributed by atoms with van der Waals surface area (Å²) in [6.45, 7) is 2.77. The second-order valence-electron chi connectivity index (χ2n) is 5.55. The van der Waals surface area contributed by atoms with Crippen molar-refractivity contribution in [2.45, 2.75) is 13.5 Å². The highest BCUT2D eigenvalue weighted by Crippen LogP contribution is 2.26. The second-order valence-corrected chi connectivity index (χ2v) is 5.55. The van der Waals surface area contributed by atoms with Gasteiger partial charge in [-0.3, -0.25) is 19.8 Å². The zero-order valence-corrected chi connectivity index (χ0v) is 14.3. The molecule has 1 aliphatic heterocycles. The van der Waals surface area contributed by atoms with Crippen molar-refractivity contribution < 1.29 is 19.1 Å². The van der Waals surface area contributed by atoms with Gasteiger partial charge in [0, 0.05) is 18.2 Å². The minimum Gasteiger partial charge on any atom is -0.465 e. The number of nitrogens with zero attached hydrogens (tertiary/aromatic N) is 3. The van der Waals surface area contributed by atoms with Gasteiger partial charge in [-0.05, 0) is 19.1 Å². The van der Waals surface area contributed by atoms with Crippen LogP contribution in [0, 0.1) is 0 Å². The molecule has 2 heterocycles. The van der Waals surface area contributed by atoms with Crippen LogP contribution in [0.15, 0.2) is 36.4 Å². The standard InChI is InChI=1S/C17H19N5O4/c1-2-26-15(23)11-18-17(25)19-13-10-14-21(8-9-22(14)20-13)16(24)12-6-4-3-5-7-12/h3-7,10H,2,8-9,11H2,1H3,(H2,18,19,20,25). The van der Waals surface area contributed by atoms with Gasteiger partial charge in [0.25, 0.3) is 5.91 Å². The molecule has 0 spiro atoms. The van der Waals surface area contributed by atoms with Crippen molar-refractivity contribution in [3.8, 4) is 0 Å². The molecule has 1 aromatic heterocycles. The number of anilines is 2. The molecule has 0 atom stereocenters. The Morgan fingerprint density at radius 1 is 1.19 bits per heavy atom. The molecule has 0 bridgehead atoms. The van der Waals surface area contributed by atoms with E-state index in [2.05, 4.69) is 15.7 Å². The maximum absolute atomic E-state index is 12.6. The Morgan fingerprint density at radius 2 is 1.96 bits per heavy atom. The van der Waals surface area contributed by atoms with E-state index in [0.717, 1.165) is 0 Å². The van der Waals surface area contributed by atoms with Crippen LogP contribution in [0.3, 0.4) is 0 Å². The lowest BCUT2D eigenvalue weighted by atomic mass is 10.2. The highest BCUT2D eigenvalue weighted by molar-refractivity contribution is 6.06. The first-order valence-corrected chi connectivity index (χ1v) is 8.23. The number of amides is 3. The number of rotatable bonds is 5. The Morgan fingerprint density at radius 3 is 2.69 bits per heavy atom. The average molecular weight is 357 g/mol. The molecule has 2 N–H and O–H groups in total. The maximum Gasteiger partial charge on any atom is 0.325 e. The summed E-state index contributed by atoms with van der Waals surface area (Å²) in [6.07, 6.45) is 0. The highest BCUT2D eigenvalue weighted by Gasteiger charge is 2.27. The molecule has 26 heavy (non-hydrogen) atoms. The van der Waals surface area contributed by atoms with E-state index in [9.17, 15) is 14.4 Å². The van der Waals surface area contributed by atoms with E-state index in [1.54, 1.807) is 34.7 Å². The molecule has 3 amide bonds. The third-order valence-corrected chi connectivity index (χ3v) is 3.78. The lowest BCUT2D eigenvalue weighted by molar-refractivity contribution is -0.141. The fourth-order valence-electron chi connectivity index (χ4n) is 2.63. The number of esters is 1. The fourth-order valence-corrected chi connectivity index (χ4v) is 2.63. The molecule has 0 fully saturated rings. The van der Waals surface area contributed by atoms with E-state index in [1.165, 1.54) is 0 Å². The van der Waals surface area contributed by atoms with Gasteiger partial charge in [0.2, 0.25) is 0 Å². The molecule has 0 radical (unpaired) electrons. The molecular formula is C17H19N5O4. The first-order chi connectivity index (χ1) is 12.6. The van der Waals surface area contributed by atoms with Crippen molar-refractivity contribution in [2.24, 2.45) is 0 Å². The van der Waals surface area contributed by atoms with Crippen molar-refractivity contribution >= 4 is 29.5 Å². The minimum atomic E-state index is -0.573. The molecule has 9 heteroatoms. The number of carbonyl (C=O) groups is 3. The Balaban J connectivity index is 1.63. The van der Waals surface area contributed by atoms with E-state index >= 15 is 0 Å². The van der Waals surface area contributed by atoms with Gasteiger partial charge in [0.15, 0.2) is 5.82 Å². The number of ether oxygens (including phenoxy) is 1. The molecule has 0 aliphatic carbocycles. The van der Waals surface area contributed by atoms with Crippen LogP contribution in [0.2, 0.25) is 0 Å². The monoisotopic (exact) mass is 357 g/mol. The molecular weight excluding hydrogens is 338 g/mol. The van der Waals surface area contributed by atoms with E-state index in [1.807, 2.05) is 18.2 Å². The summed E-state index contributed by atoms with van der Waals surface area (Å²) in [4.78, 5) is 37.3. The predicted octanol–water partition coefficient (Wildman–Crippen LogP) is 1.23. The van der Waals surface area contributed by atoms with Gasteiger partial charge in [0.1, 0.15) is 12.4 Å². The molecule has 1 aliphatic rings. The summed E-state index contributed by atoms with van der Waals surface area (Å²) in [5.41, 5.74) is 0.587. The minimum absolute atomic E-state index is 0.123. The van der Waals surface area contributed by atoms with Gasteiger partial charge in [-0.2, -0.15) is 5.10 Å². The van der Waals surface area contributed by atoms with Crippen LogP contribution in [0.25, 0.3) is 0 Å². The highest BCUT2D eigenvalue weighted by atomic mass is 16.5. The molecule has 0 unspecified atom stereocenters. The van der Waals surface area contributed by atoms with Gasteiger partial charge >= 0.3 is 12.0 Å². The van der Waals surface area contributed by atoms with E-state index < -0.39 is 12.0 Å². The van der Waals surface area contributed by atoms with Gasteiger partial charge in [-0.15, -0.1) is 0 Å². The summed E-state index contributed by atoms with van der Waals surface area (Å²) in [5.74, 6) is 0.267. The number of urea groups is 1. The fraction of sp³-hybridized carbons (Fsp3) is 0.294. The van der Waals surface area contributed by atoms with Crippen LogP contribution in [0.4, 0.5) is 16.4 Å². The number of benzene rings is 1. The van der Waals surface area contributed by atoms with Crippen LogP contribution in [-0.2, 0) is 16.1 Å². The number of nitrogens with one attached hydrogen (secondary N) is 2. The van der Waals surface area contributed by atoms with E-state index in [4.69, 9.17) is 4.74 Å². The van der Waals surface area contributed by atoms with E-state index in [0.29, 0.717) is 30.3 Å². The molecule has 0 saturated heterocycles. The summed E-state index contributed by atoms with van der Waals surface area (Å²) >= 11 is 0.